The van der Waals surface area contributed by atoms with Gasteiger partial charge < -0.3 is 4.42 Å². The van der Waals surface area contributed by atoms with E-state index in [2.05, 4.69) is 152 Å². The number of pyridine rings is 1. The third kappa shape index (κ3) is 4.85. The third-order valence-corrected chi connectivity index (χ3v) is 11.5. The van der Waals surface area contributed by atoms with Gasteiger partial charge in [0.15, 0.2) is 5.84 Å². The van der Waals surface area contributed by atoms with Crippen LogP contribution in [-0.4, -0.2) is 16.5 Å². The quantitative estimate of drug-likeness (QED) is 0.172. The molecule has 0 amide bonds. The van der Waals surface area contributed by atoms with Crippen molar-refractivity contribution in [2.75, 3.05) is 0 Å². The minimum Gasteiger partial charge on any atom is -0.456 e. The molecule has 4 heterocycles. The summed E-state index contributed by atoms with van der Waals surface area (Å²) in [7, 11) is 0. The third-order valence-electron chi connectivity index (χ3n) is 10.3. The number of hydrogen-bond acceptors (Lipinski definition) is 5. The van der Waals surface area contributed by atoms with Crippen molar-refractivity contribution in [1.82, 2.24) is 4.98 Å². The van der Waals surface area contributed by atoms with Gasteiger partial charge in [0.05, 0.1) is 22.6 Å². The predicted octanol–water partition coefficient (Wildman–Crippen LogP) is 13.0. The molecule has 0 saturated carbocycles. The number of thiophene rings is 1. The van der Waals surface area contributed by atoms with Gasteiger partial charge in [0, 0.05) is 70.2 Å². The molecule has 53 heavy (non-hydrogen) atoms. The molecule has 0 atom stereocenters. The molecule has 1 aliphatic heterocycles. The molecule has 0 fully saturated rings. The summed E-state index contributed by atoms with van der Waals surface area (Å²) >= 11 is 1.83. The Bertz CT molecular complexity index is 3190. The molecule has 0 N–H and O–H groups in total. The van der Waals surface area contributed by atoms with E-state index < -0.39 is 0 Å². The predicted molar refractivity (Wildman–Crippen MR) is 223 cm³/mol. The zero-order valence-corrected chi connectivity index (χ0v) is 29.3. The molecule has 0 spiro atoms. The number of allylic oxidation sites excluding steroid dienone is 1. The van der Waals surface area contributed by atoms with E-state index in [1.165, 1.54) is 20.2 Å². The van der Waals surface area contributed by atoms with Gasteiger partial charge in [-0.3, -0.25) is 0 Å². The van der Waals surface area contributed by atoms with Crippen molar-refractivity contribution in [2.45, 2.75) is 6.42 Å². The van der Waals surface area contributed by atoms with Crippen LogP contribution in [0.1, 0.15) is 23.1 Å². The first kappa shape index (κ1) is 30.0. The van der Waals surface area contributed by atoms with Crippen molar-refractivity contribution in [3.05, 3.63) is 180 Å². The number of fused-ring (bicyclic) bond motifs is 10. The van der Waals surface area contributed by atoms with Gasteiger partial charge in [0.2, 0.25) is 0 Å². The number of nitrogens with zero attached hydrogens (tertiary/aromatic N) is 3. The molecule has 0 aliphatic carbocycles. The lowest BCUT2D eigenvalue weighted by Crippen LogP contribution is -2.05. The smallest absolute Gasteiger partial charge is 0.160 e. The highest BCUT2D eigenvalue weighted by atomic mass is 32.1. The van der Waals surface area contributed by atoms with E-state index in [0.717, 1.165) is 83.0 Å². The summed E-state index contributed by atoms with van der Waals surface area (Å²) in [4.78, 5) is 15.9. The van der Waals surface area contributed by atoms with Crippen LogP contribution in [0.3, 0.4) is 0 Å². The molecule has 7 aromatic carbocycles. The van der Waals surface area contributed by atoms with Gasteiger partial charge in [-0.1, -0.05) is 115 Å². The van der Waals surface area contributed by atoms with Gasteiger partial charge >= 0.3 is 0 Å². The summed E-state index contributed by atoms with van der Waals surface area (Å²) in [5.41, 5.74) is 9.71. The van der Waals surface area contributed by atoms with Gasteiger partial charge in [-0.2, -0.15) is 0 Å². The van der Waals surface area contributed by atoms with Gasteiger partial charge in [0.1, 0.15) is 11.2 Å². The zero-order chi connectivity index (χ0) is 34.9. The van der Waals surface area contributed by atoms with E-state index in [1.54, 1.807) is 0 Å². The number of aliphatic imine (C=N–C) groups is 2. The minimum atomic E-state index is 0.656. The van der Waals surface area contributed by atoms with Crippen LogP contribution in [0.5, 0.6) is 0 Å². The highest BCUT2D eigenvalue weighted by Crippen LogP contribution is 2.42. The summed E-state index contributed by atoms with van der Waals surface area (Å²) in [5, 5.41) is 7.93. The number of benzene rings is 7. The molecule has 0 saturated heterocycles. The Labute approximate surface area is 308 Å². The Balaban J connectivity index is 1.17. The van der Waals surface area contributed by atoms with Crippen LogP contribution in [0, 0.1) is 0 Å². The molecule has 248 valence electrons. The highest BCUT2D eigenvalue weighted by Gasteiger charge is 2.21. The minimum absolute atomic E-state index is 0.656. The van der Waals surface area contributed by atoms with Crippen molar-refractivity contribution >= 4 is 92.4 Å². The average molecular weight is 696 g/mol. The Morgan fingerprint density at radius 3 is 2.09 bits per heavy atom. The van der Waals surface area contributed by atoms with Crippen molar-refractivity contribution in [3.63, 3.8) is 0 Å². The lowest BCUT2D eigenvalue weighted by molar-refractivity contribution is 0.669. The number of hydrogen-bond donors (Lipinski definition) is 0. The Hall–Kier alpha value is -6.69. The topological polar surface area (TPSA) is 50.8 Å². The van der Waals surface area contributed by atoms with Crippen LogP contribution in [0.4, 0.5) is 0 Å². The van der Waals surface area contributed by atoms with Crippen LogP contribution in [0.2, 0.25) is 0 Å². The molecule has 0 unspecified atom stereocenters. The van der Waals surface area contributed by atoms with Crippen LogP contribution >= 0.6 is 11.3 Å². The number of para-hydroxylation sites is 1. The maximum absolute atomic E-state index is 6.58. The van der Waals surface area contributed by atoms with Gasteiger partial charge in [-0.05, 0) is 54.1 Å². The molecular weight excluding hydrogens is 667 g/mol. The fourth-order valence-corrected chi connectivity index (χ4v) is 9.05. The first-order valence-corrected chi connectivity index (χ1v) is 18.6. The maximum Gasteiger partial charge on any atom is 0.160 e. The first-order chi connectivity index (χ1) is 26.3. The number of furan rings is 1. The molecule has 5 heteroatoms. The van der Waals surface area contributed by atoms with Crippen LogP contribution in [0.25, 0.3) is 80.7 Å². The SMILES string of the molecule is C1=C(c2ccccc2)N=C(c2ccc3oc4ccc5c(-c6ccccc6)nc6ccccc6c5c4c3c2)N=C(c2cccc3sc4ccccc4c23)C1. The molecule has 0 radical (unpaired) electrons. The molecule has 1 aliphatic rings. The average Bonchev–Trinajstić information content (AvgIpc) is 3.71. The standard InChI is InChI=1S/C48H29N3OS/c1-3-12-29(13-4-1)37-24-25-39(32-18-11-21-43-44(32)34-17-8-10-20-42(34)53-43)51-48(50-37)31-22-26-40-36(28-31)46-41(52-40)27-23-35-45(46)33-16-7-9-19-38(33)49-47(35)30-14-5-2-6-15-30/h1-24,26-28H,25H2. The van der Waals surface area contributed by atoms with Crippen molar-refractivity contribution < 1.29 is 4.42 Å². The van der Waals surface area contributed by atoms with Gasteiger partial charge in [0.25, 0.3) is 0 Å². The fraction of sp³-hybridized carbons (Fsp3) is 0.0208. The molecule has 11 rings (SSSR count). The zero-order valence-electron chi connectivity index (χ0n) is 28.5. The Morgan fingerprint density at radius 2 is 1.23 bits per heavy atom. The van der Waals surface area contributed by atoms with Gasteiger partial charge in [-0.25, -0.2) is 15.0 Å². The monoisotopic (exact) mass is 695 g/mol. The highest BCUT2D eigenvalue weighted by molar-refractivity contribution is 7.25. The molecule has 0 bridgehead atoms. The number of rotatable bonds is 4. The Kier molecular flexibility index (Phi) is 6.76. The summed E-state index contributed by atoms with van der Waals surface area (Å²) in [5.74, 6) is 0.678. The number of aromatic nitrogens is 1. The van der Waals surface area contributed by atoms with Crippen LogP contribution < -0.4 is 0 Å². The van der Waals surface area contributed by atoms with Gasteiger partial charge in [-0.15, -0.1) is 11.3 Å². The lowest BCUT2D eigenvalue weighted by atomic mass is 9.96. The molecule has 4 nitrogen and oxygen atoms in total. The van der Waals surface area contributed by atoms with Crippen molar-refractivity contribution in [2.24, 2.45) is 9.98 Å². The summed E-state index contributed by atoms with van der Waals surface area (Å²) in [6, 6.07) is 55.1. The number of amidine groups is 1. The van der Waals surface area contributed by atoms with Crippen molar-refractivity contribution in [1.29, 1.82) is 0 Å². The summed E-state index contributed by atoms with van der Waals surface area (Å²) in [6.07, 6.45) is 2.88. The van der Waals surface area contributed by atoms with Crippen molar-refractivity contribution in [3.8, 4) is 11.3 Å². The summed E-state index contributed by atoms with van der Waals surface area (Å²) in [6.45, 7) is 0. The second-order valence-electron chi connectivity index (χ2n) is 13.4. The normalized spacial score (nSPS) is 13.5. The molecular formula is C48H29N3OS. The molecule has 10 aromatic rings. The van der Waals surface area contributed by atoms with E-state index in [0.29, 0.717) is 12.3 Å². The largest absolute Gasteiger partial charge is 0.456 e. The van der Waals surface area contributed by atoms with E-state index in [9.17, 15) is 0 Å². The van der Waals surface area contributed by atoms with Crippen LogP contribution in [-0.2, 0) is 0 Å². The molecule has 3 aromatic heterocycles. The van der Waals surface area contributed by atoms with Crippen LogP contribution in [0.15, 0.2) is 178 Å². The van der Waals surface area contributed by atoms with E-state index in [1.807, 2.05) is 23.5 Å². The summed E-state index contributed by atoms with van der Waals surface area (Å²) < 4.78 is 9.12. The second-order valence-corrected chi connectivity index (χ2v) is 14.5. The van der Waals surface area contributed by atoms with E-state index in [4.69, 9.17) is 19.4 Å². The Morgan fingerprint density at radius 1 is 0.491 bits per heavy atom. The second kappa shape index (κ2) is 11.9. The first-order valence-electron chi connectivity index (χ1n) is 17.8. The lowest BCUT2D eigenvalue weighted by Gasteiger charge is -2.11. The van der Waals surface area contributed by atoms with E-state index in [-0.39, 0.29) is 0 Å². The fourth-order valence-electron chi connectivity index (χ4n) is 7.92. The maximum atomic E-state index is 6.58. The van der Waals surface area contributed by atoms with E-state index >= 15 is 0 Å².